The lowest BCUT2D eigenvalue weighted by atomic mass is 9.98. The third-order valence-corrected chi connectivity index (χ3v) is 4.55. The molecule has 2 atom stereocenters. The number of amides is 3. The molecule has 0 aromatic heterocycles. The van der Waals surface area contributed by atoms with Gasteiger partial charge in [0.2, 0.25) is 5.91 Å². The topological polar surface area (TPSA) is 66.9 Å². The summed E-state index contributed by atoms with van der Waals surface area (Å²) in [6.45, 7) is 7.37. The van der Waals surface area contributed by atoms with Crippen LogP contribution in [0, 0.1) is 5.92 Å². The van der Waals surface area contributed by atoms with Crippen LogP contribution in [0.1, 0.15) is 27.6 Å². The van der Waals surface area contributed by atoms with E-state index in [4.69, 9.17) is 4.74 Å². The summed E-state index contributed by atoms with van der Waals surface area (Å²) < 4.78 is 5.27. The average Bonchev–Trinajstić information content (AvgIpc) is 2.88. The van der Waals surface area contributed by atoms with E-state index < -0.39 is 17.9 Å². The van der Waals surface area contributed by atoms with Crippen molar-refractivity contribution in [3.05, 3.63) is 48.0 Å². The van der Waals surface area contributed by atoms with Gasteiger partial charge in [-0.2, -0.15) is 0 Å². The number of morpholine rings is 1. The van der Waals surface area contributed by atoms with Crippen molar-refractivity contribution in [1.29, 1.82) is 0 Å². The van der Waals surface area contributed by atoms with Crippen LogP contribution in [-0.4, -0.2) is 59.9 Å². The maximum atomic E-state index is 13.0. The fraction of sp³-hybridized carbons (Fsp3) is 0.389. The molecular formula is C18H20N2O4. The van der Waals surface area contributed by atoms with Gasteiger partial charge >= 0.3 is 0 Å². The van der Waals surface area contributed by atoms with E-state index in [9.17, 15) is 14.4 Å². The number of benzene rings is 1. The van der Waals surface area contributed by atoms with E-state index in [1.54, 1.807) is 42.2 Å². The van der Waals surface area contributed by atoms with Gasteiger partial charge in [0.05, 0.1) is 24.3 Å². The summed E-state index contributed by atoms with van der Waals surface area (Å²) in [6.07, 6.45) is 1.60. The molecule has 6 heteroatoms. The molecule has 0 aliphatic carbocycles. The lowest BCUT2D eigenvalue weighted by Gasteiger charge is -2.35. The van der Waals surface area contributed by atoms with Crippen LogP contribution in [0.3, 0.4) is 0 Å². The van der Waals surface area contributed by atoms with Gasteiger partial charge in [-0.3, -0.25) is 19.3 Å². The monoisotopic (exact) mass is 328 g/mol. The average molecular weight is 328 g/mol. The van der Waals surface area contributed by atoms with Crippen LogP contribution in [0.2, 0.25) is 0 Å². The first-order chi connectivity index (χ1) is 11.6. The first-order valence-electron chi connectivity index (χ1n) is 8.02. The van der Waals surface area contributed by atoms with Crippen LogP contribution in [0.15, 0.2) is 36.9 Å². The molecule has 1 aromatic carbocycles. The van der Waals surface area contributed by atoms with E-state index >= 15 is 0 Å². The molecule has 0 N–H and O–H groups in total. The van der Waals surface area contributed by atoms with Gasteiger partial charge in [0.15, 0.2) is 0 Å². The highest BCUT2D eigenvalue weighted by Gasteiger charge is 2.45. The summed E-state index contributed by atoms with van der Waals surface area (Å²) in [5.41, 5.74) is 0.692. The molecule has 0 radical (unpaired) electrons. The van der Waals surface area contributed by atoms with Crippen LogP contribution in [0.25, 0.3) is 0 Å². The van der Waals surface area contributed by atoms with Gasteiger partial charge < -0.3 is 9.64 Å². The van der Waals surface area contributed by atoms with E-state index in [2.05, 4.69) is 6.58 Å². The molecule has 24 heavy (non-hydrogen) atoms. The number of hydrogen-bond acceptors (Lipinski definition) is 4. The molecule has 126 valence electrons. The van der Waals surface area contributed by atoms with Crippen molar-refractivity contribution in [2.75, 3.05) is 26.3 Å². The number of fused-ring (bicyclic) bond motifs is 1. The number of carbonyl (C=O) groups excluding carboxylic acids is 3. The molecule has 1 aromatic rings. The largest absolute Gasteiger partial charge is 0.378 e. The SMILES string of the molecule is C=C[C@H](C)[C@@H](C(=O)N1CCOCC1)N1C(=O)c2ccccc2C1=O. The van der Waals surface area contributed by atoms with Crippen LogP contribution in [0.4, 0.5) is 0 Å². The zero-order valence-electron chi connectivity index (χ0n) is 13.6. The molecule has 0 unspecified atom stereocenters. The van der Waals surface area contributed by atoms with Gasteiger partial charge in [-0.1, -0.05) is 25.1 Å². The number of nitrogens with zero attached hydrogens (tertiary/aromatic N) is 2. The Morgan fingerprint density at radius 2 is 1.71 bits per heavy atom. The van der Waals surface area contributed by atoms with Crippen molar-refractivity contribution in [3.8, 4) is 0 Å². The highest BCUT2D eigenvalue weighted by Crippen LogP contribution is 2.28. The van der Waals surface area contributed by atoms with Gasteiger partial charge in [-0.25, -0.2) is 0 Å². The summed E-state index contributed by atoms with van der Waals surface area (Å²) in [6, 6.07) is 5.77. The lowest BCUT2D eigenvalue weighted by Crippen LogP contribution is -2.55. The summed E-state index contributed by atoms with van der Waals surface area (Å²) in [7, 11) is 0. The predicted octanol–water partition coefficient (Wildman–Crippen LogP) is 1.33. The summed E-state index contributed by atoms with van der Waals surface area (Å²) in [4.78, 5) is 41.2. The van der Waals surface area contributed by atoms with Gasteiger partial charge in [-0.15, -0.1) is 6.58 Å². The zero-order valence-corrected chi connectivity index (χ0v) is 13.6. The third kappa shape index (κ3) is 2.63. The molecule has 2 heterocycles. The number of ether oxygens (including phenoxy) is 1. The van der Waals surface area contributed by atoms with Crippen molar-refractivity contribution >= 4 is 17.7 Å². The molecule has 0 saturated carbocycles. The molecule has 2 aliphatic rings. The van der Waals surface area contributed by atoms with Crippen molar-refractivity contribution in [2.24, 2.45) is 5.92 Å². The number of imide groups is 1. The van der Waals surface area contributed by atoms with Crippen molar-refractivity contribution in [1.82, 2.24) is 9.80 Å². The molecule has 6 nitrogen and oxygen atoms in total. The van der Waals surface area contributed by atoms with E-state index in [1.165, 1.54) is 0 Å². The normalized spacial score (nSPS) is 19.9. The highest BCUT2D eigenvalue weighted by atomic mass is 16.5. The molecule has 1 saturated heterocycles. The standard InChI is InChI=1S/C18H20N2O4/c1-3-12(2)15(18(23)19-8-10-24-11-9-19)20-16(21)13-6-4-5-7-14(13)17(20)22/h3-7,12,15H,1,8-11H2,2H3/t12-,15-/m0/s1. The molecule has 0 spiro atoms. The Bertz CT molecular complexity index is 659. The maximum absolute atomic E-state index is 13.0. The van der Waals surface area contributed by atoms with Crippen LogP contribution >= 0.6 is 0 Å². The Morgan fingerprint density at radius 1 is 1.17 bits per heavy atom. The second kappa shape index (κ2) is 6.57. The Balaban J connectivity index is 1.95. The van der Waals surface area contributed by atoms with Crippen molar-refractivity contribution < 1.29 is 19.1 Å². The van der Waals surface area contributed by atoms with E-state index in [1.807, 2.05) is 0 Å². The molecule has 1 fully saturated rings. The van der Waals surface area contributed by atoms with Crippen LogP contribution < -0.4 is 0 Å². The number of hydrogen-bond donors (Lipinski definition) is 0. The lowest BCUT2D eigenvalue weighted by molar-refractivity contribution is -0.140. The minimum absolute atomic E-state index is 0.236. The number of carbonyl (C=O) groups is 3. The quantitative estimate of drug-likeness (QED) is 0.618. The number of rotatable bonds is 4. The van der Waals surface area contributed by atoms with E-state index in [-0.39, 0.29) is 11.8 Å². The maximum Gasteiger partial charge on any atom is 0.262 e. The second-order valence-corrected chi connectivity index (χ2v) is 6.00. The summed E-state index contributed by atoms with van der Waals surface area (Å²) in [5.74, 6) is -1.42. The minimum Gasteiger partial charge on any atom is -0.378 e. The second-order valence-electron chi connectivity index (χ2n) is 6.00. The molecule has 2 aliphatic heterocycles. The van der Waals surface area contributed by atoms with E-state index in [0.29, 0.717) is 37.4 Å². The summed E-state index contributed by atoms with van der Waals surface area (Å²) in [5, 5.41) is 0. The third-order valence-electron chi connectivity index (χ3n) is 4.55. The van der Waals surface area contributed by atoms with Crippen molar-refractivity contribution in [3.63, 3.8) is 0 Å². The molecule has 3 amide bonds. The first kappa shape index (κ1) is 16.4. The fourth-order valence-electron chi connectivity index (χ4n) is 3.13. The molecular weight excluding hydrogens is 308 g/mol. The smallest absolute Gasteiger partial charge is 0.262 e. The predicted molar refractivity (Wildman–Crippen MR) is 87.5 cm³/mol. The van der Waals surface area contributed by atoms with Crippen LogP contribution in [-0.2, 0) is 9.53 Å². The van der Waals surface area contributed by atoms with Crippen LogP contribution in [0.5, 0.6) is 0 Å². The van der Waals surface area contributed by atoms with Gasteiger partial charge in [0.25, 0.3) is 11.8 Å². The van der Waals surface area contributed by atoms with Crippen molar-refractivity contribution in [2.45, 2.75) is 13.0 Å². The van der Waals surface area contributed by atoms with Gasteiger partial charge in [0, 0.05) is 19.0 Å². The van der Waals surface area contributed by atoms with Gasteiger partial charge in [0.1, 0.15) is 6.04 Å². The Morgan fingerprint density at radius 3 is 2.21 bits per heavy atom. The van der Waals surface area contributed by atoms with Gasteiger partial charge in [-0.05, 0) is 12.1 Å². The fourth-order valence-corrected chi connectivity index (χ4v) is 3.13. The Labute approximate surface area is 140 Å². The first-order valence-corrected chi connectivity index (χ1v) is 8.02. The zero-order chi connectivity index (χ0) is 17.3. The Hall–Kier alpha value is -2.47. The molecule has 0 bridgehead atoms. The minimum atomic E-state index is -0.881. The molecule has 3 rings (SSSR count). The summed E-state index contributed by atoms with van der Waals surface area (Å²) >= 11 is 0. The highest BCUT2D eigenvalue weighted by molar-refractivity contribution is 6.22. The van der Waals surface area contributed by atoms with E-state index in [0.717, 1.165) is 4.90 Å². The Kier molecular flexibility index (Phi) is 4.49.